The first-order valence-corrected chi connectivity index (χ1v) is 9.68. The predicted octanol–water partition coefficient (Wildman–Crippen LogP) is 2.77. The lowest BCUT2D eigenvalue weighted by molar-refractivity contribution is -0.144. The summed E-state index contributed by atoms with van der Waals surface area (Å²) in [6, 6.07) is 14.9. The van der Waals surface area contributed by atoms with Gasteiger partial charge >= 0.3 is 18.2 Å². The number of rotatable bonds is 3. The van der Waals surface area contributed by atoms with E-state index in [1.807, 2.05) is 36.4 Å². The van der Waals surface area contributed by atoms with Gasteiger partial charge in [0.25, 0.3) is 0 Å². The summed E-state index contributed by atoms with van der Waals surface area (Å²) in [6.07, 6.45) is -1.32. The van der Waals surface area contributed by atoms with Crippen LogP contribution in [-0.4, -0.2) is 72.5 Å². The average molecular weight is 410 g/mol. The van der Waals surface area contributed by atoms with Crippen LogP contribution in [0.25, 0.3) is 11.1 Å². The minimum absolute atomic E-state index is 0.0633. The van der Waals surface area contributed by atoms with Crippen LogP contribution in [0.3, 0.4) is 0 Å². The third-order valence-electron chi connectivity index (χ3n) is 5.67. The van der Waals surface area contributed by atoms with E-state index in [1.165, 1.54) is 12.0 Å². The molecular formula is C22H22N2O6. The standard InChI is InChI=1S/C22H22N2O6/c1-29-22(28)24-11-10-23(12-19(24)20(25)26)21(27)30-13-18-16-8-4-2-6-14(16)15-7-3-5-9-17(15)18/h2-9,18-19H,10-13H2,1H3,(H,25,26)/t19-/m0/s1. The fourth-order valence-corrected chi connectivity index (χ4v) is 4.18. The Balaban J connectivity index is 1.45. The normalized spacial score (nSPS) is 17.8. The summed E-state index contributed by atoms with van der Waals surface area (Å²) < 4.78 is 10.2. The zero-order valence-electron chi connectivity index (χ0n) is 16.5. The number of carbonyl (C=O) groups excluding carboxylic acids is 2. The number of fused-ring (bicyclic) bond motifs is 3. The van der Waals surface area contributed by atoms with Gasteiger partial charge in [-0.25, -0.2) is 14.4 Å². The summed E-state index contributed by atoms with van der Waals surface area (Å²) in [7, 11) is 1.19. The Morgan fingerprint density at radius 2 is 1.57 bits per heavy atom. The Hall–Kier alpha value is -3.55. The van der Waals surface area contributed by atoms with Crippen molar-refractivity contribution in [1.82, 2.24) is 9.80 Å². The van der Waals surface area contributed by atoms with Gasteiger partial charge in [0.15, 0.2) is 6.04 Å². The number of carboxylic acids is 1. The van der Waals surface area contributed by atoms with Crippen LogP contribution in [0.5, 0.6) is 0 Å². The van der Waals surface area contributed by atoms with Crippen LogP contribution < -0.4 is 0 Å². The van der Waals surface area contributed by atoms with Crippen LogP contribution in [0.1, 0.15) is 17.0 Å². The Morgan fingerprint density at radius 1 is 0.967 bits per heavy atom. The van der Waals surface area contributed by atoms with Crippen LogP contribution in [0.4, 0.5) is 9.59 Å². The van der Waals surface area contributed by atoms with Gasteiger partial charge in [0.05, 0.1) is 13.7 Å². The van der Waals surface area contributed by atoms with Crippen molar-refractivity contribution in [1.29, 1.82) is 0 Å². The third kappa shape index (κ3) is 3.45. The second kappa shape index (κ2) is 8.06. The van der Waals surface area contributed by atoms with E-state index in [0.29, 0.717) is 0 Å². The Kier molecular flexibility index (Phi) is 5.31. The van der Waals surface area contributed by atoms with Crippen molar-refractivity contribution in [3.05, 3.63) is 59.7 Å². The van der Waals surface area contributed by atoms with E-state index in [0.717, 1.165) is 27.2 Å². The maximum absolute atomic E-state index is 12.7. The van der Waals surface area contributed by atoms with E-state index in [9.17, 15) is 19.5 Å². The number of carboxylic acid groups (broad SMARTS) is 1. The summed E-state index contributed by atoms with van der Waals surface area (Å²) in [5.74, 6) is -1.27. The first-order chi connectivity index (χ1) is 14.5. The van der Waals surface area contributed by atoms with Crippen molar-refractivity contribution in [2.24, 2.45) is 0 Å². The van der Waals surface area contributed by atoms with Crippen molar-refractivity contribution < 1.29 is 29.0 Å². The van der Waals surface area contributed by atoms with Crippen LogP contribution >= 0.6 is 0 Å². The van der Waals surface area contributed by atoms with E-state index in [1.54, 1.807) is 0 Å². The number of piperazine rings is 1. The lowest BCUT2D eigenvalue weighted by Crippen LogP contribution is -2.59. The second-order valence-corrected chi connectivity index (χ2v) is 7.27. The van der Waals surface area contributed by atoms with Gasteiger partial charge in [-0.15, -0.1) is 0 Å². The van der Waals surface area contributed by atoms with Gasteiger partial charge in [0.2, 0.25) is 0 Å². The number of hydrogen-bond donors (Lipinski definition) is 1. The number of hydrogen-bond acceptors (Lipinski definition) is 5. The lowest BCUT2D eigenvalue weighted by atomic mass is 9.98. The second-order valence-electron chi connectivity index (χ2n) is 7.27. The fraction of sp³-hybridized carbons (Fsp3) is 0.318. The zero-order valence-corrected chi connectivity index (χ0v) is 16.5. The quantitative estimate of drug-likeness (QED) is 0.836. The van der Waals surface area contributed by atoms with E-state index in [-0.39, 0.29) is 32.2 Å². The first kappa shape index (κ1) is 19.8. The van der Waals surface area contributed by atoms with Gasteiger partial charge < -0.3 is 19.5 Å². The predicted molar refractivity (Wildman–Crippen MR) is 107 cm³/mol. The molecule has 8 heteroatoms. The molecule has 2 aromatic carbocycles. The topological polar surface area (TPSA) is 96.4 Å². The summed E-state index contributed by atoms with van der Waals surface area (Å²) in [5, 5.41) is 9.45. The smallest absolute Gasteiger partial charge is 0.410 e. The summed E-state index contributed by atoms with van der Waals surface area (Å²) >= 11 is 0. The van der Waals surface area contributed by atoms with Crippen LogP contribution in [0.15, 0.2) is 48.5 Å². The molecule has 8 nitrogen and oxygen atoms in total. The monoisotopic (exact) mass is 410 g/mol. The van der Waals surface area contributed by atoms with Crippen molar-refractivity contribution in [2.75, 3.05) is 33.4 Å². The minimum atomic E-state index is -1.20. The van der Waals surface area contributed by atoms with Crippen molar-refractivity contribution in [3.63, 3.8) is 0 Å². The lowest BCUT2D eigenvalue weighted by Gasteiger charge is -2.37. The van der Waals surface area contributed by atoms with Gasteiger partial charge in [-0.3, -0.25) is 4.90 Å². The van der Waals surface area contributed by atoms with Crippen LogP contribution in [0.2, 0.25) is 0 Å². The van der Waals surface area contributed by atoms with E-state index >= 15 is 0 Å². The number of benzene rings is 2. The molecule has 0 saturated carbocycles. The molecule has 0 bridgehead atoms. The molecule has 1 atom stereocenters. The number of nitrogens with zero attached hydrogens (tertiary/aromatic N) is 2. The van der Waals surface area contributed by atoms with E-state index in [2.05, 4.69) is 16.9 Å². The van der Waals surface area contributed by atoms with Crippen molar-refractivity contribution >= 4 is 18.2 Å². The highest BCUT2D eigenvalue weighted by Gasteiger charge is 2.38. The molecule has 0 aromatic heterocycles. The van der Waals surface area contributed by atoms with Crippen molar-refractivity contribution in [2.45, 2.75) is 12.0 Å². The number of aliphatic carboxylic acids is 1. The molecule has 0 unspecified atom stereocenters. The molecule has 1 heterocycles. The van der Waals surface area contributed by atoms with E-state index < -0.39 is 24.2 Å². The minimum Gasteiger partial charge on any atom is -0.480 e. The number of ether oxygens (including phenoxy) is 2. The molecule has 2 aliphatic rings. The summed E-state index contributed by atoms with van der Waals surface area (Å²) in [4.78, 5) is 38.5. The summed E-state index contributed by atoms with van der Waals surface area (Å²) in [5.41, 5.74) is 4.47. The Bertz CT molecular complexity index is 946. The van der Waals surface area contributed by atoms with Gasteiger partial charge in [-0.05, 0) is 22.3 Å². The average Bonchev–Trinajstić information content (AvgIpc) is 3.10. The first-order valence-electron chi connectivity index (χ1n) is 9.68. The van der Waals surface area contributed by atoms with Crippen LogP contribution in [-0.2, 0) is 14.3 Å². The molecule has 2 aromatic rings. The molecule has 4 rings (SSSR count). The molecule has 1 aliphatic heterocycles. The van der Waals surface area contributed by atoms with Gasteiger partial charge in [0, 0.05) is 19.0 Å². The van der Waals surface area contributed by atoms with Gasteiger partial charge in [-0.1, -0.05) is 48.5 Å². The zero-order chi connectivity index (χ0) is 21.3. The molecule has 1 N–H and O–H groups in total. The molecule has 30 heavy (non-hydrogen) atoms. The molecule has 2 amide bonds. The fourth-order valence-electron chi connectivity index (χ4n) is 4.18. The molecule has 156 valence electrons. The molecule has 0 radical (unpaired) electrons. The number of carbonyl (C=O) groups is 3. The highest BCUT2D eigenvalue weighted by atomic mass is 16.6. The number of amides is 2. The maximum atomic E-state index is 12.7. The molecule has 1 fully saturated rings. The SMILES string of the molecule is COC(=O)N1CCN(C(=O)OCC2c3ccccc3-c3ccccc32)C[C@H]1C(=O)O. The Labute approximate surface area is 173 Å². The highest BCUT2D eigenvalue weighted by molar-refractivity contribution is 5.82. The van der Waals surface area contributed by atoms with Crippen LogP contribution in [0, 0.1) is 0 Å². The molecular weight excluding hydrogens is 388 g/mol. The summed E-state index contributed by atoms with van der Waals surface area (Å²) in [6.45, 7) is 0.242. The highest BCUT2D eigenvalue weighted by Crippen LogP contribution is 2.44. The maximum Gasteiger partial charge on any atom is 0.410 e. The molecule has 0 spiro atoms. The molecule has 1 saturated heterocycles. The van der Waals surface area contributed by atoms with Gasteiger partial charge in [0.1, 0.15) is 6.61 Å². The van der Waals surface area contributed by atoms with E-state index in [4.69, 9.17) is 4.74 Å². The third-order valence-corrected chi connectivity index (χ3v) is 5.67. The largest absolute Gasteiger partial charge is 0.480 e. The van der Waals surface area contributed by atoms with Gasteiger partial charge in [-0.2, -0.15) is 0 Å². The molecule has 1 aliphatic carbocycles. The van der Waals surface area contributed by atoms with Crippen molar-refractivity contribution in [3.8, 4) is 11.1 Å². The Morgan fingerprint density at radius 3 is 2.13 bits per heavy atom. The number of methoxy groups -OCH3 is 1.